The molecule has 1 aliphatic heterocycles. The van der Waals surface area contributed by atoms with Crippen LogP contribution in [-0.4, -0.2) is 74.0 Å². The van der Waals surface area contributed by atoms with Crippen LogP contribution in [0.5, 0.6) is 0 Å². The quantitative estimate of drug-likeness (QED) is 0.349. The third-order valence-corrected chi connectivity index (χ3v) is 4.39. The standard InChI is InChI=1S/C19H29F2N5O.HI/c1-14(2)24-18(27)13-25-8-10-26(11-9-25)19(22-3)23-7-6-15-12-16(20)4-5-17(15)21;/h4-5,12,14H,6-11,13H2,1-3H3,(H,22,23)(H,24,27);1H. The molecule has 1 heterocycles. The molecule has 1 amide bonds. The number of carbonyl (C=O) groups is 1. The Labute approximate surface area is 182 Å². The highest BCUT2D eigenvalue weighted by atomic mass is 127. The molecule has 1 aromatic rings. The van der Waals surface area contributed by atoms with Gasteiger partial charge in [0.15, 0.2) is 5.96 Å². The largest absolute Gasteiger partial charge is 0.356 e. The van der Waals surface area contributed by atoms with E-state index in [0.29, 0.717) is 25.1 Å². The number of nitrogens with one attached hydrogen (secondary N) is 2. The maximum atomic E-state index is 13.7. The Balaban J connectivity index is 0.00000392. The molecule has 28 heavy (non-hydrogen) atoms. The Morgan fingerprint density at radius 1 is 1.21 bits per heavy atom. The van der Waals surface area contributed by atoms with Crippen LogP contribution >= 0.6 is 24.0 Å². The van der Waals surface area contributed by atoms with Crippen LogP contribution in [0.4, 0.5) is 8.78 Å². The molecular weight excluding hydrogens is 479 g/mol. The van der Waals surface area contributed by atoms with Gasteiger partial charge in [0, 0.05) is 45.8 Å². The van der Waals surface area contributed by atoms with E-state index in [-0.39, 0.29) is 35.9 Å². The van der Waals surface area contributed by atoms with E-state index in [0.717, 1.165) is 44.3 Å². The summed E-state index contributed by atoms with van der Waals surface area (Å²) >= 11 is 0. The lowest BCUT2D eigenvalue weighted by Gasteiger charge is -2.36. The van der Waals surface area contributed by atoms with Crippen LogP contribution < -0.4 is 10.6 Å². The third-order valence-electron chi connectivity index (χ3n) is 4.39. The molecule has 2 N–H and O–H groups in total. The van der Waals surface area contributed by atoms with Crippen molar-refractivity contribution in [3.63, 3.8) is 0 Å². The first-order valence-corrected chi connectivity index (χ1v) is 9.30. The molecule has 1 saturated heterocycles. The van der Waals surface area contributed by atoms with Gasteiger partial charge in [-0.15, -0.1) is 24.0 Å². The number of guanidine groups is 1. The molecule has 6 nitrogen and oxygen atoms in total. The van der Waals surface area contributed by atoms with Crippen LogP contribution in [0.15, 0.2) is 23.2 Å². The summed E-state index contributed by atoms with van der Waals surface area (Å²) in [5, 5.41) is 6.10. The van der Waals surface area contributed by atoms with E-state index in [1.54, 1.807) is 7.05 Å². The van der Waals surface area contributed by atoms with Crippen molar-refractivity contribution in [1.29, 1.82) is 0 Å². The number of nitrogens with zero attached hydrogens (tertiary/aromatic N) is 3. The second kappa shape index (κ2) is 12.2. The second-order valence-electron chi connectivity index (χ2n) is 6.95. The first kappa shape index (κ1) is 24.5. The monoisotopic (exact) mass is 509 g/mol. The van der Waals surface area contributed by atoms with Crippen molar-refractivity contribution in [3.05, 3.63) is 35.4 Å². The van der Waals surface area contributed by atoms with E-state index >= 15 is 0 Å². The van der Waals surface area contributed by atoms with Gasteiger partial charge in [-0.2, -0.15) is 0 Å². The molecule has 158 valence electrons. The van der Waals surface area contributed by atoms with Crippen molar-refractivity contribution in [1.82, 2.24) is 20.4 Å². The van der Waals surface area contributed by atoms with Gasteiger partial charge in [-0.05, 0) is 44.0 Å². The molecule has 1 aliphatic rings. The molecule has 0 spiro atoms. The first-order chi connectivity index (χ1) is 12.9. The van der Waals surface area contributed by atoms with E-state index in [2.05, 4.69) is 25.4 Å². The number of benzene rings is 1. The second-order valence-corrected chi connectivity index (χ2v) is 6.95. The zero-order valence-electron chi connectivity index (χ0n) is 16.7. The fraction of sp³-hybridized carbons (Fsp3) is 0.579. The highest BCUT2D eigenvalue weighted by Gasteiger charge is 2.21. The maximum Gasteiger partial charge on any atom is 0.234 e. The van der Waals surface area contributed by atoms with Gasteiger partial charge >= 0.3 is 0 Å². The average molecular weight is 509 g/mol. The topological polar surface area (TPSA) is 60.0 Å². The molecule has 9 heteroatoms. The lowest BCUT2D eigenvalue weighted by Crippen LogP contribution is -2.54. The van der Waals surface area contributed by atoms with Gasteiger partial charge in [0.1, 0.15) is 11.6 Å². The summed E-state index contributed by atoms with van der Waals surface area (Å²) in [6.07, 6.45) is 0.373. The van der Waals surface area contributed by atoms with Gasteiger partial charge < -0.3 is 15.5 Å². The Morgan fingerprint density at radius 3 is 2.50 bits per heavy atom. The van der Waals surface area contributed by atoms with Crippen molar-refractivity contribution in [2.24, 2.45) is 4.99 Å². The van der Waals surface area contributed by atoms with E-state index < -0.39 is 11.6 Å². The van der Waals surface area contributed by atoms with Crippen LogP contribution in [0.25, 0.3) is 0 Å². The Hall–Kier alpha value is -1.49. The summed E-state index contributed by atoms with van der Waals surface area (Å²) in [7, 11) is 1.70. The summed E-state index contributed by atoms with van der Waals surface area (Å²) < 4.78 is 26.9. The highest BCUT2D eigenvalue weighted by molar-refractivity contribution is 14.0. The Kier molecular flexibility index (Phi) is 10.7. The van der Waals surface area contributed by atoms with Crippen molar-refractivity contribution in [2.45, 2.75) is 26.3 Å². The van der Waals surface area contributed by atoms with Crippen LogP contribution in [0.1, 0.15) is 19.4 Å². The van der Waals surface area contributed by atoms with Crippen LogP contribution in [0, 0.1) is 11.6 Å². The van der Waals surface area contributed by atoms with E-state index in [9.17, 15) is 13.6 Å². The molecule has 2 rings (SSSR count). The number of carbonyl (C=O) groups excluding carboxylic acids is 1. The first-order valence-electron chi connectivity index (χ1n) is 9.30. The molecule has 0 aliphatic carbocycles. The number of hydrogen-bond donors (Lipinski definition) is 2. The normalized spacial score (nSPS) is 15.4. The molecular formula is C19H30F2IN5O. The number of aliphatic imine (C=N–C) groups is 1. The predicted molar refractivity (Wildman–Crippen MR) is 118 cm³/mol. The van der Waals surface area contributed by atoms with Gasteiger partial charge in [-0.3, -0.25) is 14.7 Å². The summed E-state index contributed by atoms with van der Waals surface area (Å²) in [6, 6.07) is 3.63. The fourth-order valence-corrected chi connectivity index (χ4v) is 3.06. The molecule has 1 fully saturated rings. The van der Waals surface area contributed by atoms with Gasteiger partial charge in [0.2, 0.25) is 5.91 Å². The van der Waals surface area contributed by atoms with Gasteiger partial charge in [0.05, 0.1) is 6.54 Å². The molecule has 1 aromatic carbocycles. The molecule has 0 atom stereocenters. The smallest absolute Gasteiger partial charge is 0.234 e. The third kappa shape index (κ3) is 7.86. The van der Waals surface area contributed by atoms with E-state index in [4.69, 9.17) is 0 Å². The number of rotatable bonds is 6. The van der Waals surface area contributed by atoms with Crippen molar-refractivity contribution >= 4 is 35.8 Å². The van der Waals surface area contributed by atoms with Crippen molar-refractivity contribution < 1.29 is 13.6 Å². The summed E-state index contributed by atoms with van der Waals surface area (Å²) in [5.74, 6) is -0.0638. The van der Waals surface area contributed by atoms with Crippen molar-refractivity contribution in [3.8, 4) is 0 Å². The summed E-state index contributed by atoms with van der Waals surface area (Å²) in [5.41, 5.74) is 0.346. The SMILES string of the molecule is CN=C(NCCc1cc(F)ccc1F)N1CCN(CC(=O)NC(C)C)CC1.I. The van der Waals surface area contributed by atoms with E-state index in [1.807, 2.05) is 13.8 Å². The molecule has 0 bridgehead atoms. The number of piperazine rings is 1. The average Bonchev–Trinajstić information content (AvgIpc) is 2.62. The van der Waals surface area contributed by atoms with Crippen molar-refractivity contribution in [2.75, 3.05) is 46.3 Å². The molecule has 0 saturated carbocycles. The minimum Gasteiger partial charge on any atom is -0.356 e. The fourth-order valence-electron chi connectivity index (χ4n) is 3.06. The maximum absolute atomic E-state index is 13.7. The zero-order valence-corrected chi connectivity index (χ0v) is 19.0. The Morgan fingerprint density at radius 2 is 1.89 bits per heavy atom. The highest BCUT2D eigenvalue weighted by Crippen LogP contribution is 2.10. The minimum atomic E-state index is -0.437. The number of halogens is 3. The van der Waals surface area contributed by atoms with Crippen LogP contribution in [-0.2, 0) is 11.2 Å². The number of amides is 1. The number of hydrogen-bond acceptors (Lipinski definition) is 3. The summed E-state index contributed by atoms with van der Waals surface area (Å²) in [6.45, 7) is 7.80. The predicted octanol–water partition coefficient (Wildman–Crippen LogP) is 1.84. The lowest BCUT2D eigenvalue weighted by atomic mass is 10.1. The van der Waals surface area contributed by atoms with Gasteiger partial charge in [0.25, 0.3) is 0 Å². The molecule has 0 radical (unpaired) electrons. The minimum absolute atomic E-state index is 0. The van der Waals surface area contributed by atoms with Gasteiger partial charge in [-0.1, -0.05) is 0 Å². The van der Waals surface area contributed by atoms with Gasteiger partial charge in [-0.25, -0.2) is 8.78 Å². The summed E-state index contributed by atoms with van der Waals surface area (Å²) in [4.78, 5) is 20.4. The zero-order chi connectivity index (χ0) is 19.8. The van der Waals surface area contributed by atoms with Crippen LogP contribution in [0.2, 0.25) is 0 Å². The lowest BCUT2D eigenvalue weighted by molar-refractivity contribution is -0.123. The molecule has 0 unspecified atom stereocenters. The Bertz CT molecular complexity index is 664. The van der Waals surface area contributed by atoms with Crippen LogP contribution in [0.3, 0.4) is 0 Å². The molecule has 0 aromatic heterocycles. The van der Waals surface area contributed by atoms with E-state index in [1.165, 1.54) is 6.07 Å².